The second-order valence-corrected chi connectivity index (χ2v) is 6.43. The summed E-state index contributed by atoms with van der Waals surface area (Å²) in [6.45, 7) is 3.72. The highest BCUT2D eigenvalue weighted by atomic mass is 35.5. The van der Waals surface area contributed by atoms with Gasteiger partial charge in [0.15, 0.2) is 0 Å². The van der Waals surface area contributed by atoms with E-state index in [2.05, 4.69) is 6.07 Å². The fourth-order valence-electron chi connectivity index (χ4n) is 1.97. The van der Waals surface area contributed by atoms with E-state index in [-0.39, 0.29) is 0 Å². The quantitative estimate of drug-likeness (QED) is 0.857. The van der Waals surface area contributed by atoms with E-state index in [9.17, 15) is 5.11 Å². The topological polar surface area (TPSA) is 20.2 Å². The van der Waals surface area contributed by atoms with Crippen LogP contribution in [0.1, 0.15) is 25.8 Å². The summed E-state index contributed by atoms with van der Waals surface area (Å²) in [6, 6.07) is 6.03. The number of halogens is 1. The molecule has 1 aliphatic rings. The van der Waals surface area contributed by atoms with E-state index < -0.39 is 5.60 Å². The van der Waals surface area contributed by atoms with Crippen molar-refractivity contribution in [3.63, 3.8) is 0 Å². The predicted octanol–water partition coefficient (Wildman–Crippen LogP) is 3.52. The summed E-state index contributed by atoms with van der Waals surface area (Å²) >= 11 is 7.96. The first-order valence-corrected chi connectivity index (χ1v) is 6.38. The zero-order valence-electron chi connectivity index (χ0n) is 8.96. The van der Waals surface area contributed by atoms with Gasteiger partial charge in [-0.2, -0.15) is 0 Å². The van der Waals surface area contributed by atoms with Crippen molar-refractivity contribution in [3.05, 3.63) is 28.8 Å². The Morgan fingerprint density at radius 2 is 2.27 bits per heavy atom. The van der Waals surface area contributed by atoms with Gasteiger partial charge in [-0.15, -0.1) is 11.8 Å². The van der Waals surface area contributed by atoms with Gasteiger partial charge >= 0.3 is 0 Å². The van der Waals surface area contributed by atoms with Crippen LogP contribution >= 0.6 is 23.4 Å². The number of aliphatic hydroxyl groups is 1. The van der Waals surface area contributed by atoms with Crippen LogP contribution in [-0.2, 0) is 6.42 Å². The number of fused-ring (bicyclic) bond motifs is 1. The lowest BCUT2D eigenvalue weighted by Gasteiger charge is -2.20. The standard InChI is InChI=1S/C12H15ClOS/c1-12(2,14)7-8-6-9-10(13)4-3-5-11(9)15-8/h3-5,8,14H,6-7H2,1-2H3. The lowest BCUT2D eigenvalue weighted by Crippen LogP contribution is -2.24. The molecule has 0 fully saturated rings. The third-order valence-electron chi connectivity index (χ3n) is 2.53. The maximum absolute atomic E-state index is 9.78. The minimum absolute atomic E-state index is 0.458. The Kier molecular flexibility index (Phi) is 3.02. The molecule has 0 bridgehead atoms. The van der Waals surface area contributed by atoms with Crippen LogP contribution in [0.4, 0.5) is 0 Å². The van der Waals surface area contributed by atoms with Crippen LogP contribution in [0, 0.1) is 0 Å². The second-order valence-electron chi connectivity index (χ2n) is 4.68. The molecule has 0 amide bonds. The van der Waals surface area contributed by atoms with Gasteiger partial charge in [0.25, 0.3) is 0 Å². The highest BCUT2D eigenvalue weighted by Gasteiger charge is 2.28. The highest BCUT2D eigenvalue weighted by Crippen LogP contribution is 2.42. The summed E-state index contributed by atoms with van der Waals surface area (Å²) in [5.74, 6) is 0. The summed E-state index contributed by atoms with van der Waals surface area (Å²) in [5, 5.41) is 11.1. The van der Waals surface area contributed by atoms with E-state index >= 15 is 0 Å². The van der Waals surface area contributed by atoms with Crippen molar-refractivity contribution >= 4 is 23.4 Å². The number of hydrogen-bond donors (Lipinski definition) is 1. The lowest BCUT2D eigenvalue weighted by atomic mass is 9.99. The van der Waals surface area contributed by atoms with Gasteiger partial charge < -0.3 is 5.11 Å². The van der Waals surface area contributed by atoms with Gasteiger partial charge in [-0.3, -0.25) is 0 Å². The molecule has 1 aliphatic heterocycles. The zero-order valence-corrected chi connectivity index (χ0v) is 10.5. The molecular formula is C12H15ClOS. The van der Waals surface area contributed by atoms with E-state index in [1.165, 1.54) is 10.5 Å². The molecule has 1 aromatic carbocycles. The molecule has 0 aliphatic carbocycles. The third-order valence-corrected chi connectivity index (χ3v) is 4.19. The molecule has 1 unspecified atom stereocenters. The van der Waals surface area contributed by atoms with Crippen LogP contribution in [-0.4, -0.2) is 16.0 Å². The molecule has 1 atom stereocenters. The Morgan fingerprint density at radius 3 is 2.87 bits per heavy atom. The van der Waals surface area contributed by atoms with Crippen molar-refractivity contribution < 1.29 is 5.11 Å². The third kappa shape index (κ3) is 2.68. The Morgan fingerprint density at radius 1 is 1.53 bits per heavy atom. The summed E-state index contributed by atoms with van der Waals surface area (Å²) in [5.41, 5.74) is 0.657. The van der Waals surface area contributed by atoms with E-state index in [0.29, 0.717) is 5.25 Å². The highest BCUT2D eigenvalue weighted by molar-refractivity contribution is 8.00. The van der Waals surface area contributed by atoms with Crippen LogP contribution in [0.15, 0.2) is 23.1 Å². The fourth-order valence-corrected chi connectivity index (χ4v) is 3.87. The van der Waals surface area contributed by atoms with Gasteiger partial charge in [-0.1, -0.05) is 17.7 Å². The average molecular weight is 243 g/mol. The van der Waals surface area contributed by atoms with Gasteiger partial charge in [0.2, 0.25) is 0 Å². The van der Waals surface area contributed by atoms with Crippen LogP contribution < -0.4 is 0 Å². The maximum Gasteiger partial charge on any atom is 0.0602 e. The monoisotopic (exact) mass is 242 g/mol. The molecule has 0 saturated heterocycles. The Hall–Kier alpha value is -0.180. The first-order chi connectivity index (χ1) is 6.96. The maximum atomic E-state index is 9.78. The average Bonchev–Trinajstić information content (AvgIpc) is 2.45. The SMILES string of the molecule is CC(C)(O)CC1Cc2c(Cl)cccc2S1. The molecule has 1 aromatic rings. The van der Waals surface area contributed by atoms with Gasteiger partial charge in [0.05, 0.1) is 5.60 Å². The Labute approximate surface area is 99.8 Å². The lowest BCUT2D eigenvalue weighted by molar-refractivity contribution is 0.0709. The van der Waals surface area contributed by atoms with E-state index in [4.69, 9.17) is 11.6 Å². The molecule has 0 saturated carbocycles. The van der Waals surface area contributed by atoms with Crippen molar-refractivity contribution in [2.45, 2.75) is 42.4 Å². The zero-order chi connectivity index (χ0) is 11.1. The van der Waals surface area contributed by atoms with Crippen LogP contribution in [0.2, 0.25) is 5.02 Å². The summed E-state index contributed by atoms with van der Waals surface area (Å²) < 4.78 is 0. The van der Waals surface area contributed by atoms with E-state index in [0.717, 1.165) is 17.9 Å². The van der Waals surface area contributed by atoms with Crippen molar-refractivity contribution in [3.8, 4) is 0 Å². The summed E-state index contributed by atoms with van der Waals surface area (Å²) in [4.78, 5) is 1.27. The van der Waals surface area contributed by atoms with Crippen molar-refractivity contribution in [1.29, 1.82) is 0 Å². The second kappa shape index (κ2) is 4.00. The Bertz CT molecular complexity index is 370. The summed E-state index contributed by atoms with van der Waals surface area (Å²) in [6.07, 6.45) is 1.78. The normalized spacial score (nSPS) is 20.4. The van der Waals surface area contributed by atoms with Gasteiger partial charge in [-0.25, -0.2) is 0 Å². The first-order valence-electron chi connectivity index (χ1n) is 5.12. The minimum atomic E-state index is -0.591. The van der Waals surface area contributed by atoms with Crippen molar-refractivity contribution in [2.75, 3.05) is 0 Å². The molecule has 82 valence electrons. The molecule has 1 N–H and O–H groups in total. The first kappa shape index (κ1) is 11.3. The van der Waals surface area contributed by atoms with Gasteiger partial charge in [0, 0.05) is 15.2 Å². The minimum Gasteiger partial charge on any atom is -0.390 e. The number of rotatable bonds is 2. The van der Waals surface area contributed by atoms with E-state index in [1.54, 1.807) is 0 Å². The number of benzene rings is 1. The van der Waals surface area contributed by atoms with Crippen LogP contribution in [0.5, 0.6) is 0 Å². The molecule has 1 nitrogen and oxygen atoms in total. The molecule has 0 radical (unpaired) electrons. The van der Waals surface area contributed by atoms with Crippen LogP contribution in [0.25, 0.3) is 0 Å². The molecular weight excluding hydrogens is 228 g/mol. The molecule has 0 spiro atoms. The molecule has 15 heavy (non-hydrogen) atoms. The number of thioether (sulfide) groups is 1. The molecule has 3 heteroatoms. The molecule has 1 heterocycles. The number of hydrogen-bond acceptors (Lipinski definition) is 2. The smallest absolute Gasteiger partial charge is 0.0602 e. The van der Waals surface area contributed by atoms with Crippen molar-refractivity contribution in [2.24, 2.45) is 0 Å². The van der Waals surface area contributed by atoms with Crippen LogP contribution in [0.3, 0.4) is 0 Å². The largest absolute Gasteiger partial charge is 0.390 e. The van der Waals surface area contributed by atoms with E-state index in [1.807, 2.05) is 37.7 Å². The molecule has 0 aromatic heterocycles. The summed E-state index contributed by atoms with van der Waals surface area (Å²) in [7, 11) is 0. The van der Waals surface area contributed by atoms with Gasteiger partial charge in [-0.05, 0) is 44.4 Å². The predicted molar refractivity (Wildman–Crippen MR) is 65.7 cm³/mol. The van der Waals surface area contributed by atoms with Gasteiger partial charge in [0.1, 0.15) is 0 Å². The molecule has 2 rings (SSSR count). The van der Waals surface area contributed by atoms with Crippen molar-refractivity contribution in [1.82, 2.24) is 0 Å². The fraction of sp³-hybridized carbons (Fsp3) is 0.500. The Balaban J connectivity index is 2.13.